The number of halogens is 1. The molecule has 0 bridgehead atoms. The van der Waals surface area contributed by atoms with Gasteiger partial charge in [-0.25, -0.2) is 8.42 Å². The molecular weight excluding hydrogens is 404 g/mol. The van der Waals surface area contributed by atoms with E-state index in [4.69, 9.17) is 4.52 Å². The molecule has 1 heterocycles. The Morgan fingerprint density at radius 2 is 2.04 bits per heavy atom. The molecule has 0 aliphatic heterocycles. The lowest BCUT2D eigenvalue weighted by Crippen LogP contribution is -2.44. The Kier molecular flexibility index (Phi) is 4.71. The van der Waals surface area contributed by atoms with E-state index in [0.29, 0.717) is 10.2 Å². The van der Waals surface area contributed by atoms with Crippen LogP contribution in [-0.2, 0) is 10.0 Å². The number of sulfonamides is 1. The first-order valence-electron chi connectivity index (χ1n) is 7.60. The van der Waals surface area contributed by atoms with Crippen molar-refractivity contribution < 1.29 is 12.9 Å². The number of nitrogens with zero attached hydrogens (tertiary/aromatic N) is 1. The molecule has 0 saturated carbocycles. The van der Waals surface area contributed by atoms with Crippen molar-refractivity contribution in [3.05, 3.63) is 83.1 Å². The molecule has 0 amide bonds. The summed E-state index contributed by atoms with van der Waals surface area (Å²) in [4.78, 5) is 0. The highest BCUT2D eigenvalue weighted by molar-refractivity contribution is 9.10. The van der Waals surface area contributed by atoms with Gasteiger partial charge in [-0.3, -0.25) is 4.72 Å². The zero-order valence-corrected chi connectivity index (χ0v) is 15.9. The highest BCUT2D eigenvalue weighted by atomic mass is 79.9. The minimum atomic E-state index is -3.91. The molecule has 25 heavy (non-hydrogen) atoms. The third kappa shape index (κ3) is 2.98. The van der Waals surface area contributed by atoms with Crippen LogP contribution >= 0.6 is 15.9 Å². The van der Waals surface area contributed by atoms with Crippen molar-refractivity contribution >= 4 is 31.8 Å². The van der Waals surface area contributed by atoms with Gasteiger partial charge in [0, 0.05) is 5.92 Å². The molecule has 2 atom stereocenters. The average Bonchev–Trinajstić information content (AvgIpc) is 2.93. The first kappa shape index (κ1) is 17.7. The highest BCUT2D eigenvalue weighted by Gasteiger charge is 2.47. The number of rotatable bonds is 5. The summed E-state index contributed by atoms with van der Waals surface area (Å²) in [5.74, 6) is 0.193. The van der Waals surface area contributed by atoms with E-state index >= 15 is 0 Å². The molecule has 2 unspecified atom stereocenters. The van der Waals surface area contributed by atoms with E-state index in [1.165, 1.54) is 6.08 Å². The standard InChI is InChI=1S/C18H17BrN2O3S/c1-3-18(25(22,23)21-17-16(19)13(2)24-20-17)12-8-7-11-15(18)14-9-5-4-6-10-14/h3-12,15H,1H2,2H3,(H,20,21). The van der Waals surface area contributed by atoms with Crippen LogP contribution in [0.15, 0.2) is 76.3 Å². The third-order valence-electron chi connectivity index (χ3n) is 4.22. The van der Waals surface area contributed by atoms with Crippen LogP contribution in [0, 0.1) is 6.92 Å². The van der Waals surface area contributed by atoms with Crippen molar-refractivity contribution in [2.24, 2.45) is 0 Å². The summed E-state index contributed by atoms with van der Waals surface area (Å²) in [5, 5.41) is 3.77. The fraction of sp³-hybridized carbons (Fsp3) is 0.167. The fourth-order valence-electron chi connectivity index (χ4n) is 2.87. The molecule has 1 N–H and O–H groups in total. The number of hydrogen-bond acceptors (Lipinski definition) is 4. The Morgan fingerprint density at radius 1 is 1.32 bits per heavy atom. The highest BCUT2D eigenvalue weighted by Crippen LogP contribution is 2.42. The number of aryl methyl sites for hydroxylation is 1. The van der Waals surface area contributed by atoms with Crippen LogP contribution in [0.25, 0.3) is 0 Å². The maximum Gasteiger partial charge on any atom is 0.247 e. The molecule has 0 spiro atoms. The predicted octanol–water partition coefficient (Wildman–Crippen LogP) is 4.32. The summed E-state index contributed by atoms with van der Waals surface area (Å²) < 4.78 is 33.2. The van der Waals surface area contributed by atoms with Crippen molar-refractivity contribution in [3.8, 4) is 0 Å². The van der Waals surface area contributed by atoms with Gasteiger partial charge in [-0.15, -0.1) is 6.58 Å². The molecular formula is C18H17BrN2O3S. The van der Waals surface area contributed by atoms with Crippen molar-refractivity contribution in [2.75, 3.05) is 4.72 Å². The molecule has 3 rings (SSSR count). The minimum absolute atomic E-state index is 0.119. The Morgan fingerprint density at radius 3 is 2.64 bits per heavy atom. The van der Waals surface area contributed by atoms with E-state index in [1.807, 2.05) is 42.5 Å². The van der Waals surface area contributed by atoms with Crippen molar-refractivity contribution in [1.29, 1.82) is 0 Å². The van der Waals surface area contributed by atoms with E-state index in [2.05, 4.69) is 32.4 Å². The summed E-state index contributed by atoms with van der Waals surface area (Å²) in [6.07, 6.45) is 8.50. The van der Waals surface area contributed by atoms with Gasteiger partial charge < -0.3 is 4.52 Å². The average molecular weight is 421 g/mol. The first-order chi connectivity index (χ1) is 11.9. The molecule has 0 radical (unpaired) electrons. The van der Waals surface area contributed by atoms with Crippen molar-refractivity contribution in [2.45, 2.75) is 17.6 Å². The maximum absolute atomic E-state index is 13.3. The summed E-state index contributed by atoms with van der Waals surface area (Å²) in [6, 6.07) is 9.46. The van der Waals surface area contributed by atoms with Gasteiger partial charge in [-0.05, 0) is 28.4 Å². The van der Waals surface area contributed by atoms with Crippen LogP contribution in [0.1, 0.15) is 17.2 Å². The van der Waals surface area contributed by atoms with Gasteiger partial charge in [-0.2, -0.15) is 0 Å². The van der Waals surface area contributed by atoms with Gasteiger partial charge in [-0.1, -0.05) is 65.9 Å². The molecule has 130 valence electrons. The quantitative estimate of drug-likeness (QED) is 0.730. The molecule has 0 fully saturated rings. The Labute approximate surface area is 155 Å². The molecule has 5 nitrogen and oxygen atoms in total. The lowest BCUT2D eigenvalue weighted by Gasteiger charge is -2.35. The van der Waals surface area contributed by atoms with Crippen LogP contribution in [-0.4, -0.2) is 18.3 Å². The van der Waals surface area contributed by atoms with E-state index in [-0.39, 0.29) is 5.82 Å². The molecule has 2 aromatic rings. The maximum atomic E-state index is 13.3. The predicted molar refractivity (Wildman–Crippen MR) is 102 cm³/mol. The van der Waals surface area contributed by atoms with Gasteiger partial charge >= 0.3 is 0 Å². The third-order valence-corrected chi connectivity index (χ3v) is 7.11. The molecule has 1 aliphatic rings. The van der Waals surface area contributed by atoms with Crippen LogP contribution in [0.3, 0.4) is 0 Å². The van der Waals surface area contributed by atoms with E-state index < -0.39 is 20.7 Å². The normalized spacial score (nSPS) is 22.7. The monoisotopic (exact) mass is 420 g/mol. The van der Waals surface area contributed by atoms with Gasteiger partial charge in [0.2, 0.25) is 10.0 Å². The summed E-state index contributed by atoms with van der Waals surface area (Å²) in [5.41, 5.74) is 0.878. The van der Waals surface area contributed by atoms with Gasteiger partial charge in [0.05, 0.1) is 0 Å². The number of allylic oxidation sites excluding steroid dienone is 3. The zero-order valence-electron chi connectivity index (χ0n) is 13.5. The van der Waals surface area contributed by atoms with E-state index in [0.717, 1.165) is 5.56 Å². The largest absolute Gasteiger partial charge is 0.358 e. The first-order valence-corrected chi connectivity index (χ1v) is 9.87. The van der Waals surface area contributed by atoms with Crippen LogP contribution in [0.5, 0.6) is 0 Å². The number of hydrogen-bond donors (Lipinski definition) is 1. The minimum Gasteiger partial charge on any atom is -0.358 e. The van der Waals surface area contributed by atoms with Gasteiger partial charge in [0.25, 0.3) is 0 Å². The SMILES string of the molecule is C=CC1(S(=O)(=O)Nc2noc(C)c2Br)C=CC=CC1c1ccccc1. The van der Waals surface area contributed by atoms with Crippen molar-refractivity contribution in [1.82, 2.24) is 5.16 Å². The van der Waals surface area contributed by atoms with Crippen LogP contribution in [0.4, 0.5) is 5.82 Å². The van der Waals surface area contributed by atoms with Gasteiger partial charge in [0.1, 0.15) is 15.0 Å². The van der Waals surface area contributed by atoms with Crippen molar-refractivity contribution in [3.63, 3.8) is 0 Å². The van der Waals surface area contributed by atoms with E-state index in [1.54, 1.807) is 19.1 Å². The second-order valence-corrected chi connectivity index (χ2v) is 8.41. The van der Waals surface area contributed by atoms with Crippen LogP contribution in [0.2, 0.25) is 0 Å². The Balaban J connectivity index is 2.08. The molecule has 1 aliphatic carbocycles. The molecule has 1 aromatic carbocycles. The fourth-order valence-corrected chi connectivity index (χ4v) is 4.84. The smallest absolute Gasteiger partial charge is 0.247 e. The molecule has 7 heteroatoms. The molecule has 0 saturated heterocycles. The summed E-state index contributed by atoms with van der Waals surface area (Å²) in [7, 11) is -3.91. The number of aromatic nitrogens is 1. The van der Waals surface area contributed by atoms with E-state index in [9.17, 15) is 8.42 Å². The van der Waals surface area contributed by atoms with Gasteiger partial charge in [0.15, 0.2) is 5.82 Å². The number of nitrogens with one attached hydrogen (secondary N) is 1. The lowest BCUT2D eigenvalue weighted by molar-refractivity contribution is 0.399. The lowest BCUT2D eigenvalue weighted by atomic mass is 9.82. The Hall–Kier alpha value is -2.12. The second kappa shape index (κ2) is 6.65. The summed E-state index contributed by atoms with van der Waals surface area (Å²) >= 11 is 3.29. The van der Waals surface area contributed by atoms with Crippen LogP contribution < -0.4 is 4.72 Å². The summed E-state index contributed by atoms with van der Waals surface area (Å²) in [6.45, 7) is 5.50. The Bertz CT molecular complexity index is 948. The number of benzene rings is 1. The zero-order chi connectivity index (χ0) is 18.1. The topological polar surface area (TPSA) is 72.2 Å². The second-order valence-electron chi connectivity index (χ2n) is 5.70. The molecule has 1 aromatic heterocycles. The number of anilines is 1.